The monoisotopic (exact) mass is 464 g/mol. The molecule has 0 aromatic heterocycles. The fourth-order valence-corrected chi connectivity index (χ4v) is 3.93. The molecule has 0 saturated carbocycles. The van der Waals surface area contributed by atoms with Crippen molar-refractivity contribution in [3.63, 3.8) is 0 Å². The highest BCUT2D eigenvalue weighted by atomic mass is 32.2. The molecule has 1 amide bonds. The summed E-state index contributed by atoms with van der Waals surface area (Å²) in [5.41, 5.74) is 0. The van der Waals surface area contributed by atoms with Gasteiger partial charge in [-0.1, -0.05) is 32.0 Å². The van der Waals surface area contributed by atoms with Crippen molar-refractivity contribution in [3.8, 4) is 11.5 Å². The lowest BCUT2D eigenvalue weighted by molar-refractivity contribution is -0.151. The second kappa shape index (κ2) is 12.1. The molecule has 0 aliphatic heterocycles. The molecule has 2 N–H and O–H groups in total. The van der Waals surface area contributed by atoms with Crippen LogP contribution in [0.5, 0.6) is 11.5 Å². The van der Waals surface area contributed by atoms with Crippen molar-refractivity contribution in [1.29, 1.82) is 0 Å². The molecule has 2 rings (SSSR count). The van der Waals surface area contributed by atoms with Crippen LogP contribution < -0.4 is 19.5 Å². The predicted molar refractivity (Wildman–Crippen MR) is 118 cm³/mol. The second-order valence-corrected chi connectivity index (χ2v) is 8.85. The highest BCUT2D eigenvalue weighted by Gasteiger charge is 2.30. The summed E-state index contributed by atoms with van der Waals surface area (Å²) in [5, 5.41) is 2.57. The van der Waals surface area contributed by atoms with E-state index < -0.39 is 40.5 Å². The first-order valence-electron chi connectivity index (χ1n) is 10.0. The highest BCUT2D eigenvalue weighted by Crippen LogP contribution is 2.17. The van der Waals surface area contributed by atoms with Crippen molar-refractivity contribution >= 4 is 21.9 Å². The number of ether oxygens (including phenoxy) is 3. The molecule has 0 spiro atoms. The lowest BCUT2D eigenvalue weighted by atomic mass is 10.1. The van der Waals surface area contributed by atoms with Crippen LogP contribution in [0.3, 0.4) is 0 Å². The Kier molecular flexibility index (Phi) is 9.48. The summed E-state index contributed by atoms with van der Waals surface area (Å²) in [6, 6.07) is 13.7. The van der Waals surface area contributed by atoms with Crippen LogP contribution in [0.25, 0.3) is 0 Å². The largest absolute Gasteiger partial charge is 0.497 e. The van der Waals surface area contributed by atoms with Crippen LogP contribution in [0.2, 0.25) is 0 Å². The van der Waals surface area contributed by atoms with E-state index in [1.807, 2.05) is 18.2 Å². The standard InChI is InChI=1S/C22H28N2O7S/c1-16(2)21(24-32(27,28)19-11-9-17(29-3)10-12-19)22(26)31-15-20(25)23-13-14-30-18-7-5-4-6-8-18/h4-12,16,21,24H,13-15H2,1-3H3,(H,23,25)/t21-/m0/s1. The molecule has 0 aliphatic carbocycles. The molecule has 0 aliphatic rings. The van der Waals surface area contributed by atoms with Gasteiger partial charge in [0.25, 0.3) is 5.91 Å². The number of esters is 1. The van der Waals surface area contributed by atoms with E-state index in [0.717, 1.165) is 0 Å². The summed E-state index contributed by atoms with van der Waals surface area (Å²) in [6.45, 7) is 3.29. The van der Waals surface area contributed by atoms with Gasteiger partial charge >= 0.3 is 5.97 Å². The summed E-state index contributed by atoms with van der Waals surface area (Å²) in [4.78, 5) is 24.3. The maximum absolute atomic E-state index is 12.6. The molecule has 1 atom stereocenters. The van der Waals surface area contributed by atoms with Gasteiger partial charge < -0.3 is 19.5 Å². The highest BCUT2D eigenvalue weighted by molar-refractivity contribution is 7.89. The summed E-state index contributed by atoms with van der Waals surface area (Å²) >= 11 is 0. The molecule has 10 heteroatoms. The van der Waals surface area contributed by atoms with E-state index in [1.165, 1.54) is 31.4 Å². The zero-order valence-electron chi connectivity index (χ0n) is 18.2. The van der Waals surface area contributed by atoms with Crippen LogP contribution in [0.15, 0.2) is 59.5 Å². The molecular formula is C22H28N2O7S. The third-order valence-electron chi connectivity index (χ3n) is 4.35. The van der Waals surface area contributed by atoms with E-state index in [2.05, 4.69) is 10.0 Å². The fourth-order valence-electron chi connectivity index (χ4n) is 2.60. The third-order valence-corrected chi connectivity index (χ3v) is 5.81. The fraction of sp³-hybridized carbons (Fsp3) is 0.364. The molecule has 174 valence electrons. The second-order valence-electron chi connectivity index (χ2n) is 7.14. The number of methoxy groups -OCH3 is 1. The van der Waals surface area contributed by atoms with Crippen LogP contribution >= 0.6 is 0 Å². The number of hydrogen-bond acceptors (Lipinski definition) is 7. The molecule has 0 fully saturated rings. The molecule has 0 radical (unpaired) electrons. The quantitative estimate of drug-likeness (QED) is 0.363. The van der Waals surface area contributed by atoms with Crippen LogP contribution in [0.4, 0.5) is 0 Å². The number of sulfonamides is 1. The third kappa shape index (κ3) is 7.86. The summed E-state index contributed by atoms with van der Waals surface area (Å²) < 4.78 is 43.1. The maximum atomic E-state index is 12.6. The van der Waals surface area contributed by atoms with Gasteiger partial charge in [0.1, 0.15) is 24.1 Å². The molecule has 9 nitrogen and oxygen atoms in total. The van der Waals surface area contributed by atoms with Crippen molar-refractivity contribution in [1.82, 2.24) is 10.0 Å². The van der Waals surface area contributed by atoms with Gasteiger partial charge in [0.05, 0.1) is 18.6 Å². The topological polar surface area (TPSA) is 120 Å². The van der Waals surface area contributed by atoms with Gasteiger partial charge in [-0.3, -0.25) is 9.59 Å². The summed E-state index contributed by atoms with van der Waals surface area (Å²) in [5.74, 6) is -0.581. The van der Waals surface area contributed by atoms with Gasteiger partial charge in [-0.05, 0) is 42.3 Å². The Labute approximate surface area is 188 Å². The maximum Gasteiger partial charge on any atom is 0.324 e. The number of carbonyl (C=O) groups excluding carboxylic acids is 2. The van der Waals surface area contributed by atoms with Gasteiger partial charge in [-0.15, -0.1) is 0 Å². The van der Waals surface area contributed by atoms with Gasteiger partial charge in [0, 0.05) is 0 Å². The normalized spacial score (nSPS) is 12.1. The molecule has 0 saturated heterocycles. The minimum Gasteiger partial charge on any atom is -0.497 e. The Morgan fingerprint density at radius 3 is 2.22 bits per heavy atom. The Morgan fingerprint density at radius 1 is 0.969 bits per heavy atom. The van der Waals surface area contributed by atoms with E-state index >= 15 is 0 Å². The van der Waals surface area contributed by atoms with E-state index in [0.29, 0.717) is 11.5 Å². The zero-order chi connectivity index (χ0) is 23.6. The lowest BCUT2D eigenvalue weighted by Gasteiger charge is -2.20. The van der Waals surface area contributed by atoms with E-state index in [9.17, 15) is 18.0 Å². The van der Waals surface area contributed by atoms with Crippen molar-refractivity contribution in [3.05, 3.63) is 54.6 Å². The number of rotatable bonds is 12. The van der Waals surface area contributed by atoms with Crippen molar-refractivity contribution in [2.45, 2.75) is 24.8 Å². The number of amides is 1. The number of hydrogen-bond donors (Lipinski definition) is 2. The summed E-state index contributed by atoms with van der Waals surface area (Å²) in [6.07, 6.45) is 0. The van der Waals surface area contributed by atoms with Gasteiger partial charge in [0.2, 0.25) is 10.0 Å². The Bertz CT molecular complexity index is 977. The minimum absolute atomic E-state index is 0.0205. The van der Waals surface area contributed by atoms with Crippen LogP contribution in [0, 0.1) is 5.92 Å². The van der Waals surface area contributed by atoms with E-state index in [-0.39, 0.29) is 18.0 Å². The van der Waals surface area contributed by atoms with Gasteiger partial charge in [-0.25, -0.2) is 8.42 Å². The minimum atomic E-state index is -3.98. The molecule has 2 aromatic carbocycles. The van der Waals surface area contributed by atoms with Crippen LogP contribution in [-0.2, 0) is 24.3 Å². The Balaban J connectivity index is 1.83. The first-order valence-corrected chi connectivity index (χ1v) is 11.5. The Hall–Kier alpha value is -3.11. The molecular weight excluding hydrogens is 436 g/mol. The SMILES string of the molecule is COc1ccc(S(=O)(=O)N[C@H](C(=O)OCC(=O)NCCOc2ccccc2)C(C)C)cc1. The average Bonchev–Trinajstić information content (AvgIpc) is 2.79. The lowest BCUT2D eigenvalue weighted by Crippen LogP contribution is -2.46. The van der Waals surface area contributed by atoms with Crippen LogP contribution in [0.1, 0.15) is 13.8 Å². The molecule has 0 heterocycles. The zero-order valence-corrected chi connectivity index (χ0v) is 19.1. The van der Waals surface area contributed by atoms with E-state index in [1.54, 1.807) is 26.0 Å². The van der Waals surface area contributed by atoms with Crippen LogP contribution in [-0.4, -0.2) is 53.2 Å². The molecule has 0 bridgehead atoms. The van der Waals surface area contributed by atoms with Gasteiger partial charge in [0.15, 0.2) is 6.61 Å². The number of para-hydroxylation sites is 1. The van der Waals surface area contributed by atoms with Gasteiger partial charge in [-0.2, -0.15) is 4.72 Å². The smallest absolute Gasteiger partial charge is 0.324 e. The first kappa shape index (κ1) is 25.2. The van der Waals surface area contributed by atoms with Crippen molar-refractivity contribution < 1.29 is 32.2 Å². The number of benzene rings is 2. The first-order chi connectivity index (χ1) is 15.2. The van der Waals surface area contributed by atoms with E-state index in [4.69, 9.17) is 14.2 Å². The Morgan fingerprint density at radius 2 is 1.62 bits per heavy atom. The summed E-state index contributed by atoms with van der Waals surface area (Å²) in [7, 11) is -2.51. The van der Waals surface area contributed by atoms with Crippen molar-refractivity contribution in [2.24, 2.45) is 5.92 Å². The van der Waals surface area contributed by atoms with Crippen molar-refractivity contribution in [2.75, 3.05) is 26.9 Å². The predicted octanol–water partition coefficient (Wildman–Crippen LogP) is 1.74. The number of carbonyl (C=O) groups is 2. The molecule has 32 heavy (non-hydrogen) atoms. The molecule has 2 aromatic rings. The average molecular weight is 465 g/mol. The number of nitrogens with one attached hydrogen (secondary N) is 2. The molecule has 0 unspecified atom stereocenters.